The quantitative estimate of drug-likeness (QED) is 0.786. The molecule has 1 aromatic heterocycles. The number of thiazole rings is 1. The van der Waals surface area contributed by atoms with Crippen LogP contribution < -0.4 is 15.0 Å². The number of benzene rings is 1. The highest BCUT2D eigenvalue weighted by atomic mass is 32.1. The minimum atomic E-state index is -0.144. The first-order valence-electron chi connectivity index (χ1n) is 10.1. The number of nitrogens with zero attached hydrogens (tertiary/aromatic N) is 3. The first-order chi connectivity index (χ1) is 14.1. The minimum absolute atomic E-state index is 0.00372. The lowest BCUT2D eigenvalue weighted by atomic mass is 9.99. The number of piperidine rings is 1. The molecule has 2 aliphatic rings. The Kier molecular flexibility index (Phi) is 6.10. The number of ether oxygens (including phenoxy) is 1. The van der Waals surface area contributed by atoms with Crippen LogP contribution in [0.2, 0.25) is 0 Å². The van der Waals surface area contributed by atoms with Crippen molar-refractivity contribution in [2.24, 2.45) is 5.92 Å². The van der Waals surface area contributed by atoms with Gasteiger partial charge < -0.3 is 15.0 Å². The van der Waals surface area contributed by atoms with Gasteiger partial charge in [0, 0.05) is 24.9 Å². The molecule has 2 aliphatic heterocycles. The predicted octanol–water partition coefficient (Wildman–Crippen LogP) is 3.13. The molecule has 1 N–H and O–H groups in total. The van der Waals surface area contributed by atoms with Crippen molar-refractivity contribution in [3.05, 3.63) is 35.3 Å². The molecule has 0 atom stereocenters. The average Bonchev–Trinajstić information content (AvgIpc) is 3.15. The third-order valence-electron chi connectivity index (χ3n) is 5.43. The van der Waals surface area contributed by atoms with Crippen LogP contribution in [0.3, 0.4) is 0 Å². The van der Waals surface area contributed by atoms with Crippen molar-refractivity contribution < 1.29 is 14.3 Å². The van der Waals surface area contributed by atoms with Crippen molar-refractivity contribution in [1.29, 1.82) is 0 Å². The van der Waals surface area contributed by atoms with Crippen LogP contribution in [-0.2, 0) is 16.1 Å². The maximum atomic E-state index is 12.4. The van der Waals surface area contributed by atoms with Crippen LogP contribution in [0.1, 0.15) is 31.9 Å². The Morgan fingerprint density at radius 3 is 2.93 bits per heavy atom. The summed E-state index contributed by atoms with van der Waals surface area (Å²) in [5.74, 6) is 1.20. The van der Waals surface area contributed by atoms with Crippen LogP contribution >= 0.6 is 11.3 Å². The van der Waals surface area contributed by atoms with Crippen LogP contribution in [0.25, 0.3) is 0 Å². The Balaban J connectivity index is 1.28. The number of rotatable bonds is 6. The fourth-order valence-electron chi connectivity index (χ4n) is 3.68. The molecule has 2 aromatic rings. The maximum absolute atomic E-state index is 12.4. The van der Waals surface area contributed by atoms with E-state index in [0.29, 0.717) is 23.1 Å². The maximum Gasteiger partial charge on any atom is 0.265 e. The van der Waals surface area contributed by atoms with Gasteiger partial charge in [0.2, 0.25) is 5.91 Å². The smallest absolute Gasteiger partial charge is 0.265 e. The lowest BCUT2D eigenvalue weighted by molar-refractivity contribution is -0.121. The summed E-state index contributed by atoms with van der Waals surface area (Å²) in [4.78, 5) is 33.2. The van der Waals surface area contributed by atoms with E-state index in [9.17, 15) is 9.59 Å². The minimum Gasteiger partial charge on any atom is -0.482 e. The van der Waals surface area contributed by atoms with Gasteiger partial charge in [-0.05, 0) is 44.0 Å². The Hall–Kier alpha value is -2.45. The van der Waals surface area contributed by atoms with Crippen molar-refractivity contribution >= 4 is 34.0 Å². The van der Waals surface area contributed by atoms with Gasteiger partial charge in [0.1, 0.15) is 5.75 Å². The summed E-state index contributed by atoms with van der Waals surface area (Å²) in [6.45, 7) is 5.67. The number of hydrogen-bond acceptors (Lipinski definition) is 6. The number of fused-ring (bicyclic) bond motifs is 1. The van der Waals surface area contributed by atoms with Crippen molar-refractivity contribution in [2.75, 3.05) is 36.5 Å². The Morgan fingerprint density at radius 1 is 1.31 bits per heavy atom. The van der Waals surface area contributed by atoms with Crippen LogP contribution in [-0.4, -0.2) is 47.9 Å². The first-order valence-corrected chi connectivity index (χ1v) is 11.0. The number of hydrogen-bond donors (Lipinski definition) is 1. The number of aromatic nitrogens is 1. The SMILES string of the molecule is CC1CCN(Cc2csc(NC(=O)CCN3C(=O)COc4ccccc43)n2)CC1. The second kappa shape index (κ2) is 8.92. The highest BCUT2D eigenvalue weighted by Gasteiger charge is 2.25. The molecule has 29 heavy (non-hydrogen) atoms. The van der Waals surface area contributed by atoms with E-state index in [0.717, 1.165) is 31.2 Å². The third kappa shape index (κ3) is 4.94. The number of carbonyl (C=O) groups excluding carboxylic acids is 2. The summed E-state index contributed by atoms with van der Waals surface area (Å²) >= 11 is 1.45. The van der Waals surface area contributed by atoms with E-state index < -0.39 is 0 Å². The lowest BCUT2D eigenvalue weighted by Gasteiger charge is -2.29. The molecule has 0 bridgehead atoms. The summed E-state index contributed by atoms with van der Waals surface area (Å²) in [5.41, 5.74) is 1.71. The van der Waals surface area contributed by atoms with Gasteiger partial charge in [0.05, 0.1) is 11.4 Å². The molecule has 0 radical (unpaired) electrons. The Labute approximate surface area is 174 Å². The molecule has 1 saturated heterocycles. The number of nitrogens with one attached hydrogen (secondary N) is 1. The van der Waals surface area contributed by atoms with Crippen LogP contribution in [0.5, 0.6) is 5.75 Å². The number of anilines is 2. The molecule has 7 nitrogen and oxygen atoms in total. The summed E-state index contributed by atoms with van der Waals surface area (Å²) in [6.07, 6.45) is 2.67. The van der Waals surface area contributed by atoms with E-state index in [1.807, 2.05) is 29.6 Å². The van der Waals surface area contributed by atoms with Crippen LogP contribution in [0.4, 0.5) is 10.8 Å². The number of para-hydroxylation sites is 2. The number of carbonyl (C=O) groups is 2. The fourth-order valence-corrected chi connectivity index (χ4v) is 4.40. The molecule has 0 unspecified atom stereocenters. The summed E-state index contributed by atoms with van der Waals surface area (Å²) in [7, 11) is 0. The number of likely N-dealkylation sites (tertiary alicyclic amines) is 1. The molecule has 1 fully saturated rings. The van der Waals surface area contributed by atoms with Crippen molar-refractivity contribution in [3.8, 4) is 5.75 Å². The molecular weight excluding hydrogens is 388 g/mol. The molecule has 3 heterocycles. The van der Waals surface area contributed by atoms with E-state index in [2.05, 4.69) is 22.1 Å². The van der Waals surface area contributed by atoms with E-state index in [-0.39, 0.29) is 24.8 Å². The Bertz CT molecular complexity index is 876. The summed E-state index contributed by atoms with van der Waals surface area (Å²) in [6, 6.07) is 7.38. The molecule has 0 saturated carbocycles. The van der Waals surface area contributed by atoms with Gasteiger partial charge in [0.25, 0.3) is 5.91 Å². The lowest BCUT2D eigenvalue weighted by Crippen LogP contribution is -2.40. The second-order valence-corrected chi connectivity index (χ2v) is 8.56. The van der Waals surface area contributed by atoms with E-state index >= 15 is 0 Å². The van der Waals surface area contributed by atoms with Gasteiger partial charge in [-0.3, -0.25) is 14.5 Å². The zero-order chi connectivity index (χ0) is 20.2. The largest absolute Gasteiger partial charge is 0.482 e. The highest BCUT2D eigenvalue weighted by Crippen LogP contribution is 2.31. The topological polar surface area (TPSA) is 74.8 Å². The van der Waals surface area contributed by atoms with Crippen molar-refractivity contribution in [1.82, 2.24) is 9.88 Å². The average molecular weight is 415 g/mol. The molecule has 2 amide bonds. The molecular formula is C21H26N4O3S. The van der Waals surface area contributed by atoms with Gasteiger partial charge >= 0.3 is 0 Å². The Morgan fingerprint density at radius 2 is 2.10 bits per heavy atom. The molecule has 0 aliphatic carbocycles. The molecule has 1 aromatic carbocycles. The zero-order valence-corrected chi connectivity index (χ0v) is 17.4. The monoisotopic (exact) mass is 414 g/mol. The van der Waals surface area contributed by atoms with Crippen molar-refractivity contribution in [3.63, 3.8) is 0 Å². The normalized spacial score (nSPS) is 17.7. The molecule has 4 rings (SSSR count). The van der Waals surface area contributed by atoms with E-state index in [1.165, 1.54) is 24.2 Å². The highest BCUT2D eigenvalue weighted by molar-refractivity contribution is 7.13. The molecule has 8 heteroatoms. The summed E-state index contributed by atoms with van der Waals surface area (Å²) < 4.78 is 5.44. The van der Waals surface area contributed by atoms with Gasteiger partial charge in [-0.25, -0.2) is 4.98 Å². The molecule has 154 valence electrons. The third-order valence-corrected chi connectivity index (χ3v) is 6.24. The van der Waals surface area contributed by atoms with Gasteiger partial charge in [-0.15, -0.1) is 11.3 Å². The summed E-state index contributed by atoms with van der Waals surface area (Å²) in [5, 5.41) is 5.49. The van der Waals surface area contributed by atoms with Gasteiger partial charge in [0.15, 0.2) is 11.7 Å². The predicted molar refractivity (Wildman–Crippen MR) is 113 cm³/mol. The van der Waals surface area contributed by atoms with E-state index in [1.54, 1.807) is 4.90 Å². The van der Waals surface area contributed by atoms with E-state index in [4.69, 9.17) is 4.74 Å². The van der Waals surface area contributed by atoms with Crippen LogP contribution in [0.15, 0.2) is 29.6 Å². The second-order valence-electron chi connectivity index (χ2n) is 7.70. The van der Waals surface area contributed by atoms with Gasteiger partial charge in [-0.1, -0.05) is 19.1 Å². The standard InChI is InChI=1S/C21H26N4O3S/c1-15-6-9-24(10-7-15)12-16-14-29-21(22-16)23-19(26)8-11-25-17-4-2-3-5-18(17)28-13-20(25)27/h2-5,14-15H,6-13H2,1H3,(H,22,23,26). The number of amides is 2. The van der Waals surface area contributed by atoms with Gasteiger partial charge in [-0.2, -0.15) is 0 Å². The first kappa shape index (κ1) is 19.8. The zero-order valence-electron chi connectivity index (χ0n) is 16.6. The fraction of sp³-hybridized carbons (Fsp3) is 0.476. The van der Waals surface area contributed by atoms with Crippen molar-refractivity contribution in [2.45, 2.75) is 32.7 Å². The molecule has 0 spiro atoms. The van der Waals surface area contributed by atoms with Crippen LogP contribution in [0, 0.1) is 5.92 Å².